The van der Waals surface area contributed by atoms with E-state index in [2.05, 4.69) is 29.0 Å². The summed E-state index contributed by atoms with van der Waals surface area (Å²) in [5.74, 6) is -1.94. The standard InChI is InChI=1S/C20H25F4N3OS/c1-4-16-6-5-11(2)27(16)10-17-18(26-19(29-17)25-12(3)28)13-7-14(20(22,23)24)9-15(21)8-13/h7,9,11,13,16H,4-6,8,10H2,1-3H3,(H,25,26,28)/t11-,13?,16+/m1/s1. The van der Waals surface area contributed by atoms with Gasteiger partial charge >= 0.3 is 6.18 Å². The summed E-state index contributed by atoms with van der Waals surface area (Å²) in [4.78, 5) is 19.0. The molecule has 3 atom stereocenters. The van der Waals surface area contributed by atoms with Crippen LogP contribution in [0.25, 0.3) is 0 Å². The minimum atomic E-state index is -4.62. The number of amides is 1. The molecule has 3 rings (SSSR count). The SMILES string of the molecule is CC[C@H]1CC[C@@H](C)N1Cc1sc(NC(C)=O)nc1C1C=C(C(F)(F)F)C=C(F)C1. The summed E-state index contributed by atoms with van der Waals surface area (Å²) in [6, 6.07) is 0.747. The first-order valence-corrected chi connectivity index (χ1v) is 10.6. The predicted octanol–water partition coefficient (Wildman–Crippen LogP) is 5.69. The molecular weight excluding hydrogens is 406 g/mol. The number of alkyl halides is 3. The summed E-state index contributed by atoms with van der Waals surface area (Å²) >= 11 is 1.26. The highest BCUT2D eigenvalue weighted by atomic mass is 32.1. The lowest BCUT2D eigenvalue weighted by Gasteiger charge is -2.28. The highest BCUT2D eigenvalue weighted by molar-refractivity contribution is 7.15. The zero-order valence-electron chi connectivity index (χ0n) is 16.6. The predicted molar refractivity (Wildman–Crippen MR) is 105 cm³/mol. The molecule has 1 aliphatic carbocycles. The normalized spacial score (nSPS) is 25.7. The fourth-order valence-electron chi connectivity index (χ4n) is 4.10. The van der Waals surface area contributed by atoms with E-state index in [0.717, 1.165) is 30.2 Å². The molecule has 9 heteroatoms. The van der Waals surface area contributed by atoms with Gasteiger partial charge in [-0.3, -0.25) is 9.69 Å². The van der Waals surface area contributed by atoms with E-state index in [4.69, 9.17) is 0 Å². The van der Waals surface area contributed by atoms with E-state index in [0.29, 0.717) is 35.5 Å². The first kappa shape index (κ1) is 22.0. The van der Waals surface area contributed by atoms with Crippen molar-refractivity contribution in [2.45, 2.75) is 77.2 Å². The van der Waals surface area contributed by atoms with Crippen LogP contribution in [0.15, 0.2) is 23.6 Å². The Bertz CT molecular complexity index is 830. The summed E-state index contributed by atoms with van der Waals surface area (Å²) in [6.07, 6.45) is -0.0772. The van der Waals surface area contributed by atoms with Crippen LogP contribution in [0.3, 0.4) is 0 Å². The topological polar surface area (TPSA) is 45.2 Å². The van der Waals surface area contributed by atoms with Crippen molar-refractivity contribution in [1.29, 1.82) is 0 Å². The number of nitrogens with zero attached hydrogens (tertiary/aromatic N) is 2. The van der Waals surface area contributed by atoms with Gasteiger partial charge in [0.25, 0.3) is 0 Å². The van der Waals surface area contributed by atoms with Crippen molar-refractivity contribution in [2.75, 3.05) is 5.32 Å². The number of carbonyl (C=O) groups excluding carboxylic acids is 1. The van der Waals surface area contributed by atoms with E-state index in [1.54, 1.807) is 0 Å². The van der Waals surface area contributed by atoms with Crippen LogP contribution in [0.1, 0.15) is 62.9 Å². The van der Waals surface area contributed by atoms with Crippen molar-refractivity contribution < 1.29 is 22.4 Å². The molecule has 1 fully saturated rings. The number of halogens is 4. The van der Waals surface area contributed by atoms with Crippen LogP contribution in [0.2, 0.25) is 0 Å². The Morgan fingerprint density at radius 2 is 2.10 bits per heavy atom. The second kappa shape index (κ2) is 8.55. The van der Waals surface area contributed by atoms with Crippen molar-refractivity contribution in [3.8, 4) is 0 Å². The Morgan fingerprint density at radius 1 is 1.38 bits per heavy atom. The minimum Gasteiger partial charge on any atom is -0.302 e. The molecule has 1 aliphatic heterocycles. The molecule has 1 aromatic heterocycles. The quantitative estimate of drug-likeness (QED) is 0.609. The molecule has 0 saturated carbocycles. The maximum Gasteiger partial charge on any atom is 0.416 e. The molecule has 0 bridgehead atoms. The Hall–Kier alpha value is -1.74. The van der Waals surface area contributed by atoms with Gasteiger partial charge in [-0.2, -0.15) is 13.2 Å². The summed E-state index contributed by atoms with van der Waals surface area (Å²) < 4.78 is 53.6. The summed E-state index contributed by atoms with van der Waals surface area (Å²) in [5, 5.41) is 2.95. The van der Waals surface area contributed by atoms with E-state index < -0.39 is 23.5 Å². The average Bonchev–Trinajstić information content (AvgIpc) is 3.17. The van der Waals surface area contributed by atoms with Gasteiger partial charge < -0.3 is 5.32 Å². The number of carbonyl (C=O) groups is 1. The van der Waals surface area contributed by atoms with Gasteiger partial charge in [0.15, 0.2) is 5.13 Å². The van der Waals surface area contributed by atoms with E-state index in [9.17, 15) is 22.4 Å². The molecule has 1 amide bonds. The number of hydrogen-bond acceptors (Lipinski definition) is 4. The van der Waals surface area contributed by atoms with Crippen LogP contribution in [-0.2, 0) is 11.3 Å². The summed E-state index contributed by atoms with van der Waals surface area (Å²) in [7, 11) is 0. The van der Waals surface area contributed by atoms with Gasteiger partial charge in [0.05, 0.1) is 11.3 Å². The monoisotopic (exact) mass is 431 g/mol. The van der Waals surface area contributed by atoms with Crippen LogP contribution in [0.5, 0.6) is 0 Å². The van der Waals surface area contributed by atoms with Gasteiger partial charge in [-0.05, 0) is 32.3 Å². The van der Waals surface area contributed by atoms with Crippen LogP contribution in [-0.4, -0.2) is 34.1 Å². The minimum absolute atomic E-state index is 0.164. The Balaban J connectivity index is 1.97. The third-order valence-electron chi connectivity index (χ3n) is 5.55. The summed E-state index contributed by atoms with van der Waals surface area (Å²) in [6.45, 7) is 6.13. The zero-order valence-corrected chi connectivity index (χ0v) is 17.5. The molecule has 1 unspecified atom stereocenters. The molecular formula is C20H25F4N3OS. The van der Waals surface area contributed by atoms with Crippen LogP contribution in [0, 0.1) is 0 Å². The number of allylic oxidation sites excluding steroid dienone is 4. The van der Waals surface area contributed by atoms with Crippen molar-refractivity contribution in [3.05, 3.63) is 34.1 Å². The highest BCUT2D eigenvalue weighted by Crippen LogP contribution is 2.41. The Labute approximate surface area is 171 Å². The molecule has 0 radical (unpaired) electrons. The van der Waals surface area contributed by atoms with E-state index in [1.165, 1.54) is 18.3 Å². The first-order chi connectivity index (χ1) is 13.6. The van der Waals surface area contributed by atoms with Crippen molar-refractivity contribution in [3.63, 3.8) is 0 Å². The number of hydrogen-bond donors (Lipinski definition) is 1. The number of nitrogens with one attached hydrogen (secondary N) is 1. The number of aromatic nitrogens is 1. The number of rotatable bonds is 5. The smallest absolute Gasteiger partial charge is 0.302 e. The van der Waals surface area contributed by atoms with Crippen LogP contribution in [0.4, 0.5) is 22.7 Å². The molecule has 160 valence electrons. The van der Waals surface area contributed by atoms with Gasteiger partial charge in [-0.15, -0.1) is 11.3 Å². The van der Waals surface area contributed by atoms with Gasteiger partial charge in [0.1, 0.15) is 5.83 Å². The lowest BCUT2D eigenvalue weighted by atomic mass is 9.91. The Kier molecular flexibility index (Phi) is 6.48. The molecule has 2 heterocycles. The summed E-state index contributed by atoms with van der Waals surface area (Å²) in [5.41, 5.74) is -0.579. The maximum absolute atomic E-state index is 14.0. The second-order valence-corrected chi connectivity index (χ2v) is 8.77. The van der Waals surface area contributed by atoms with Crippen molar-refractivity contribution in [1.82, 2.24) is 9.88 Å². The van der Waals surface area contributed by atoms with Gasteiger partial charge in [0.2, 0.25) is 5.91 Å². The highest BCUT2D eigenvalue weighted by Gasteiger charge is 2.37. The molecule has 0 spiro atoms. The lowest BCUT2D eigenvalue weighted by molar-refractivity contribution is -0.114. The molecule has 29 heavy (non-hydrogen) atoms. The van der Waals surface area contributed by atoms with Crippen molar-refractivity contribution >= 4 is 22.4 Å². The van der Waals surface area contributed by atoms with Gasteiger partial charge in [-0.1, -0.05) is 13.0 Å². The number of likely N-dealkylation sites (tertiary alicyclic amines) is 1. The molecule has 1 saturated heterocycles. The van der Waals surface area contributed by atoms with E-state index in [-0.39, 0.29) is 12.3 Å². The first-order valence-electron chi connectivity index (χ1n) is 9.76. The van der Waals surface area contributed by atoms with E-state index >= 15 is 0 Å². The maximum atomic E-state index is 14.0. The molecule has 1 aromatic rings. The average molecular weight is 431 g/mol. The van der Waals surface area contributed by atoms with Crippen LogP contribution >= 0.6 is 11.3 Å². The molecule has 0 aromatic carbocycles. The zero-order chi connectivity index (χ0) is 21.3. The lowest BCUT2D eigenvalue weighted by Crippen LogP contribution is -2.33. The molecule has 2 aliphatic rings. The third kappa shape index (κ3) is 5.06. The van der Waals surface area contributed by atoms with E-state index in [1.807, 2.05) is 0 Å². The fourth-order valence-corrected chi connectivity index (χ4v) is 5.19. The van der Waals surface area contributed by atoms with Gasteiger partial charge in [-0.25, -0.2) is 9.37 Å². The molecule has 4 nitrogen and oxygen atoms in total. The molecule has 1 N–H and O–H groups in total. The second-order valence-electron chi connectivity index (χ2n) is 7.69. The Morgan fingerprint density at radius 3 is 2.72 bits per heavy atom. The van der Waals surface area contributed by atoms with Crippen molar-refractivity contribution in [2.24, 2.45) is 0 Å². The number of anilines is 1. The largest absolute Gasteiger partial charge is 0.416 e. The third-order valence-corrected chi connectivity index (χ3v) is 6.52. The van der Waals surface area contributed by atoms with Crippen LogP contribution < -0.4 is 5.32 Å². The fraction of sp³-hybridized carbons (Fsp3) is 0.600. The van der Waals surface area contributed by atoms with Gasteiger partial charge in [0, 0.05) is 42.8 Å². The number of thiazole rings is 1.